The Morgan fingerprint density at radius 2 is 2.30 bits per heavy atom. The molecule has 0 saturated carbocycles. The number of carbonyl (C=O) groups excluding carboxylic acids is 1. The molecule has 1 aromatic heterocycles. The van der Waals surface area contributed by atoms with Crippen molar-refractivity contribution < 1.29 is 19.4 Å². The van der Waals surface area contributed by atoms with Crippen molar-refractivity contribution in [1.82, 2.24) is 9.55 Å². The number of ether oxygens (including phenoxy) is 2. The maximum Gasteiger partial charge on any atom is 0.349 e. The highest BCUT2D eigenvalue weighted by Crippen LogP contribution is 2.27. The Balaban J connectivity index is 2.25. The van der Waals surface area contributed by atoms with Crippen LogP contribution in [0.4, 0.5) is 5.82 Å². The van der Waals surface area contributed by atoms with Gasteiger partial charge >= 0.3 is 11.7 Å². The zero-order valence-corrected chi connectivity index (χ0v) is 13.1. The monoisotopic (exact) mass is 326 g/mol. The zero-order valence-electron chi connectivity index (χ0n) is 13.1. The first kappa shape index (κ1) is 17.4. The summed E-state index contributed by atoms with van der Waals surface area (Å²) in [6, 6.07) is 0.0692. The van der Waals surface area contributed by atoms with Gasteiger partial charge in [-0.25, -0.2) is 4.79 Å². The number of nitrogens with two attached hydrogens (primary N) is 2. The molecule has 0 aliphatic carbocycles. The summed E-state index contributed by atoms with van der Waals surface area (Å²) in [6.45, 7) is 3.35. The van der Waals surface area contributed by atoms with Gasteiger partial charge in [-0.1, -0.05) is 13.8 Å². The van der Waals surface area contributed by atoms with E-state index in [1.54, 1.807) is 13.8 Å². The second-order valence-electron chi connectivity index (χ2n) is 5.84. The SMILES string of the molecule is CC(C)[C@H](N)C(=O)OC1C(n2ccc(N)nc2=O)CO[C@H]1CO. The maximum atomic E-state index is 12.1. The lowest BCUT2D eigenvalue weighted by atomic mass is 10.1. The minimum absolute atomic E-state index is 0.0965. The molecule has 0 spiro atoms. The van der Waals surface area contributed by atoms with Crippen LogP contribution in [0.15, 0.2) is 17.1 Å². The van der Waals surface area contributed by atoms with Crippen molar-refractivity contribution in [3.05, 3.63) is 22.7 Å². The normalized spacial score (nSPS) is 25.5. The Morgan fingerprint density at radius 1 is 1.61 bits per heavy atom. The first-order chi connectivity index (χ1) is 10.8. The summed E-state index contributed by atoms with van der Waals surface area (Å²) >= 11 is 0. The van der Waals surface area contributed by atoms with E-state index in [2.05, 4.69) is 4.98 Å². The molecule has 4 atom stereocenters. The molecule has 0 amide bonds. The van der Waals surface area contributed by atoms with Crippen LogP contribution >= 0.6 is 0 Å². The topological polar surface area (TPSA) is 143 Å². The van der Waals surface area contributed by atoms with E-state index in [1.165, 1.54) is 16.8 Å². The predicted molar refractivity (Wildman–Crippen MR) is 81.5 cm³/mol. The smallest absolute Gasteiger partial charge is 0.349 e. The fraction of sp³-hybridized carbons (Fsp3) is 0.643. The van der Waals surface area contributed by atoms with E-state index in [0.717, 1.165) is 0 Å². The van der Waals surface area contributed by atoms with Crippen LogP contribution in [0.5, 0.6) is 0 Å². The quantitative estimate of drug-likeness (QED) is 0.564. The van der Waals surface area contributed by atoms with Gasteiger partial charge in [-0.15, -0.1) is 0 Å². The van der Waals surface area contributed by atoms with Gasteiger partial charge in [0.05, 0.1) is 13.2 Å². The lowest BCUT2D eigenvalue weighted by Crippen LogP contribution is -2.44. The molecule has 0 aromatic carbocycles. The molecule has 23 heavy (non-hydrogen) atoms. The number of carbonyl (C=O) groups is 1. The molecule has 0 radical (unpaired) electrons. The van der Waals surface area contributed by atoms with Crippen LogP contribution in [0.3, 0.4) is 0 Å². The molecule has 1 aromatic rings. The molecule has 128 valence electrons. The molecular formula is C14H22N4O5. The second kappa shape index (κ2) is 7.07. The van der Waals surface area contributed by atoms with Crippen LogP contribution in [0.2, 0.25) is 0 Å². The number of nitrogens with zero attached hydrogens (tertiary/aromatic N) is 2. The molecule has 9 nitrogen and oxygen atoms in total. The molecule has 1 aliphatic heterocycles. The van der Waals surface area contributed by atoms with Crippen molar-refractivity contribution in [1.29, 1.82) is 0 Å². The van der Waals surface area contributed by atoms with Crippen LogP contribution in [0, 0.1) is 5.92 Å². The maximum absolute atomic E-state index is 12.1. The van der Waals surface area contributed by atoms with Gasteiger partial charge in [0.25, 0.3) is 0 Å². The first-order valence-electron chi connectivity index (χ1n) is 7.38. The number of rotatable bonds is 5. The van der Waals surface area contributed by atoms with Crippen molar-refractivity contribution in [2.75, 3.05) is 18.9 Å². The fourth-order valence-corrected chi connectivity index (χ4v) is 2.37. The summed E-state index contributed by atoms with van der Waals surface area (Å²) in [7, 11) is 0. The molecule has 1 saturated heterocycles. The molecule has 0 bridgehead atoms. The van der Waals surface area contributed by atoms with Gasteiger partial charge in [0.2, 0.25) is 0 Å². The van der Waals surface area contributed by atoms with E-state index in [4.69, 9.17) is 20.9 Å². The number of aliphatic hydroxyl groups excluding tert-OH is 1. The highest BCUT2D eigenvalue weighted by Gasteiger charge is 2.42. The standard InChI is InChI=1S/C14H22N4O5/c1-7(2)11(16)13(20)23-12-8(6-22-9(12)5-19)18-4-3-10(15)17-14(18)21/h3-4,7-9,11-12,19H,5-6,16H2,1-2H3,(H2,15,17,21)/t8?,9-,11-,12?/m0/s1. The molecule has 5 N–H and O–H groups in total. The molecule has 1 aliphatic rings. The highest BCUT2D eigenvalue weighted by atomic mass is 16.6. The summed E-state index contributed by atoms with van der Waals surface area (Å²) in [6.07, 6.45) is -0.102. The van der Waals surface area contributed by atoms with Crippen molar-refractivity contribution in [3.63, 3.8) is 0 Å². The van der Waals surface area contributed by atoms with E-state index < -0.39 is 36.0 Å². The van der Waals surface area contributed by atoms with Crippen LogP contribution in [-0.4, -0.2) is 52.1 Å². The average molecular weight is 326 g/mol. The Bertz CT molecular complexity index is 617. The molecule has 2 rings (SSSR count). The van der Waals surface area contributed by atoms with Gasteiger partial charge in [-0.05, 0) is 12.0 Å². The number of aliphatic hydroxyl groups is 1. The summed E-state index contributed by atoms with van der Waals surface area (Å²) in [4.78, 5) is 27.7. The number of esters is 1. The minimum Gasteiger partial charge on any atom is -0.456 e. The Hall–Kier alpha value is -1.97. The molecule has 9 heteroatoms. The van der Waals surface area contributed by atoms with Crippen molar-refractivity contribution in [3.8, 4) is 0 Å². The van der Waals surface area contributed by atoms with Gasteiger partial charge in [0.15, 0.2) is 6.10 Å². The zero-order chi connectivity index (χ0) is 17.1. The van der Waals surface area contributed by atoms with Crippen LogP contribution in [-0.2, 0) is 14.3 Å². The van der Waals surface area contributed by atoms with Crippen LogP contribution in [0.25, 0.3) is 0 Å². The summed E-state index contributed by atoms with van der Waals surface area (Å²) in [5.41, 5.74) is 10.7. The third kappa shape index (κ3) is 3.69. The molecule has 2 heterocycles. The van der Waals surface area contributed by atoms with Crippen molar-refractivity contribution in [2.24, 2.45) is 11.7 Å². The molecular weight excluding hydrogens is 304 g/mol. The summed E-state index contributed by atoms with van der Waals surface area (Å²) < 4.78 is 12.1. The Morgan fingerprint density at radius 3 is 2.87 bits per heavy atom. The number of anilines is 1. The van der Waals surface area contributed by atoms with Gasteiger partial charge < -0.3 is 26.0 Å². The largest absolute Gasteiger partial charge is 0.456 e. The lowest BCUT2D eigenvalue weighted by Gasteiger charge is -2.25. The summed E-state index contributed by atoms with van der Waals surface area (Å²) in [5, 5.41) is 9.40. The number of hydrogen-bond acceptors (Lipinski definition) is 8. The third-order valence-electron chi connectivity index (χ3n) is 3.86. The van der Waals surface area contributed by atoms with E-state index in [0.29, 0.717) is 0 Å². The number of hydrogen-bond donors (Lipinski definition) is 3. The first-order valence-corrected chi connectivity index (χ1v) is 7.38. The molecule has 1 fully saturated rings. The van der Waals surface area contributed by atoms with Gasteiger partial charge in [0.1, 0.15) is 24.0 Å². The predicted octanol–water partition coefficient (Wildman–Crippen LogP) is -1.35. The Labute approximate surface area is 133 Å². The second-order valence-corrected chi connectivity index (χ2v) is 5.84. The third-order valence-corrected chi connectivity index (χ3v) is 3.86. The van der Waals surface area contributed by atoms with Crippen molar-refractivity contribution >= 4 is 11.8 Å². The van der Waals surface area contributed by atoms with E-state index in [9.17, 15) is 14.7 Å². The van der Waals surface area contributed by atoms with Crippen LogP contribution < -0.4 is 17.2 Å². The van der Waals surface area contributed by atoms with Gasteiger partial charge in [-0.2, -0.15) is 4.98 Å². The van der Waals surface area contributed by atoms with Crippen LogP contribution in [0.1, 0.15) is 19.9 Å². The minimum atomic E-state index is -0.833. The van der Waals surface area contributed by atoms with Crippen molar-refractivity contribution in [2.45, 2.75) is 38.1 Å². The summed E-state index contributed by atoms with van der Waals surface area (Å²) in [5.74, 6) is -0.605. The van der Waals surface area contributed by atoms with Gasteiger partial charge in [-0.3, -0.25) is 9.36 Å². The number of nitrogen functional groups attached to an aromatic ring is 1. The van der Waals surface area contributed by atoms with E-state index >= 15 is 0 Å². The number of aromatic nitrogens is 2. The lowest BCUT2D eigenvalue weighted by molar-refractivity contribution is -0.156. The molecule has 2 unspecified atom stereocenters. The van der Waals surface area contributed by atoms with Gasteiger partial charge in [0, 0.05) is 6.20 Å². The highest BCUT2D eigenvalue weighted by molar-refractivity contribution is 5.76. The fourth-order valence-electron chi connectivity index (χ4n) is 2.37. The Kier molecular flexibility index (Phi) is 5.34. The van der Waals surface area contributed by atoms with E-state index in [-0.39, 0.29) is 24.9 Å². The van der Waals surface area contributed by atoms with E-state index in [1.807, 2.05) is 0 Å². The average Bonchev–Trinajstić information content (AvgIpc) is 2.88.